The van der Waals surface area contributed by atoms with Crippen molar-refractivity contribution in [2.75, 3.05) is 0 Å². The summed E-state index contributed by atoms with van der Waals surface area (Å²) in [6, 6.07) is 9.52. The lowest BCUT2D eigenvalue weighted by molar-refractivity contribution is 0.486. The molecule has 6 nitrogen and oxygen atoms in total. The first-order chi connectivity index (χ1) is 10.8. The van der Waals surface area contributed by atoms with Crippen molar-refractivity contribution in [2.45, 2.75) is 10.9 Å². The Kier molecular flexibility index (Phi) is 3.47. The maximum Gasteiger partial charge on any atom is 0.283 e. The second kappa shape index (κ2) is 5.62. The van der Waals surface area contributed by atoms with Gasteiger partial charge < -0.3 is 8.83 Å². The van der Waals surface area contributed by atoms with Gasteiger partial charge in [-0.15, -0.1) is 10.2 Å². The Balaban J connectivity index is 1.51. The summed E-state index contributed by atoms with van der Waals surface area (Å²) in [5, 5.41) is 8.91. The number of imidazole rings is 1. The SMILES string of the molecule is Brc1ccc(-c2nnc(CSc3ncc4ccccn34)o2)o1. The molecule has 0 radical (unpaired) electrons. The summed E-state index contributed by atoms with van der Waals surface area (Å²) in [6.07, 6.45) is 3.81. The quantitative estimate of drug-likeness (QED) is 0.500. The molecule has 0 aromatic carbocycles. The van der Waals surface area contributed by atoms with Crippen molar-refractivity contribution in [1.82, 2.24) is 19.6 Å². The van der Waals surface area contributed by atoms with E-state index in [1.807, 2.05) is 35.0 Å². The molecule has 0 spiro atoms. The molecular formula is C14H9BrN4O2S. The highest BCUT2D eigenvalue weighted by Crippen LogP contribution is 2.26. The number of pyridine rings is 1. The van der Waals surface area contributed by atoms with Crippen LogP contribution in [0.4, 0.5) is 0 Å². The molecule has 0 amide bonds. The molecule has 4 rings (SSSR count). The first kappa shape index (κ1) is 13.6. The van der Waals surface area contributed by atoms with Crippen molar-refractivity contribution in [1.29, 1.82) is 0 Å². The topological polar surface area (TPSA) is 69.4 Å². The van der Waals surface area contributed by atoms with Gasteiger partial charge in [0, 0.05) is 6.20 Å². The molecule has 0 unspecified atom stereocenters. The summed E-state index contributed by atoms with van der Waals surface area (Å²) in [5.74, 6) is 1.99. The van der Waals surface area contributed by atoms with Gasteiger partial charge >= 0.3 is 0 Å². The minimum atomic E-state index is 0.370. The summed E-state index contributed by atoms with van der Waals surface area (Å²) in [6.45, 7) is 0. The number of halogens is 1. The Morgan fingerprint density at radius 1 is 1.14 bits per heavy atom. The molecule has 0 saturated carbocycles. The van der Waals surface area contributed by atoms with Crippen LogP contribution in [0.5, 0.6) is 0 Å². The standard InChI is InChI=1S/C14H9BrN4O2S/c15-11-5-4-10(20-11)13-18-17-12(21-13)8-22-14-16-7-9-3-1-2-6-19(9)14/h1-7H,8H2. The Labute approximate surface area is 137 Å². The van der Waals surface area contributed by atoms with Crippen LogP contribution in [0.15, 0.2) is 61.4 Å². The fourth-order valence-electron chi connectivity index (χ4n) is 1.99. The van der Waals surface area contributed by atoms with Crippen molar-refractivity contribution in [3.05, 3.63) is 53.3 Å². The summed E-state index contributed by atoms with van der Waals surface area (Å²) < 4.78 is 13.6. The fraction of sp³-hybridized carbons (Fsp3) is 0.0714. The van der Waals surface area contributed by atoms with Crippen molar-refractivity contribution < 1.29 is 8.83 Å². The minimum absolute atomic E-state index is 0.370. The largest absolute Gasteiger partial charge is 0.444 e. The smallest absolute Gasteiger partial charge is 0.283 e. The highest BCUT2D eigenvalue weighted by atomic mass is 79.9. The molecular weight excluding hydrogens is 368 g/mol. The molecule has 0 N–H and O–H groups in total. The third-order valence-corrected chi connectivity index (χ3v) is 4.36. The first-order valence-electron chi connectivity index (χ1n) is 6.42. The van der Waals surface area contributed by atoms with E-state index in [2.05, 4.69) is 31.1 Å². The number of hydrogen-bond acceptors (Lipinski definition) is 6. The van der Waals surface area contributed by atoms with E-state index < -0.39 is 0 Å². The molecule has 0 saturated heterocycles. The van der Waals surface area contributed by atoms with E-state index in [0.717, 1.165) is 10.7 Å². The third kappa shape index (κ3) is 2.55. The van der Waals surface area contributed by atoms with Gasteiger partial charge in [-0.1, -0.05) is 17.8 Å². The Hall–Kier alpha value is -2.06. The van der Waals surface area contributed by atoms with Crippen molar-refractivity contribution in [3.63, 3.8) is 0 Å². The molecule has 8 heteroatoms. The fourth-order valence-corrected chi connectivity index (χ4v) is 3.10. The zero-order valence-corrected chi connectivity index (χ0v) is 13.5. The first-order valence-corrected chi connectivity index (χ1v) is 8.20. The van der Waals surface area contributed by atoms with Crippen LogP contribution in [-0.4, -0.2) is 19.6 Å². The molecule has 0 aliphatic rings. The molecule has 0 fully saturated rings. The van der Waals surface area contributed by atoms with E-state index in [9.17, 15) is 0 Å². The lowest BCUT2D eigenvalue weighted by Crippen LogP contribution is -1.87. The van der Waals surface area contributed by atoms with E-state index in [1.54, 1.807) is 12.1 Å². The molecule has 4 aromatic rings. The second-order valence-electron chi connectivity index (χ2n) is 4.43. The average molecular weight is 377 g/mol. The Bertz CT molecular complexity index is 930. The highest BCUT2D eigenvalue weighted by molar-refractivity contribution is 9.10. The Morgan fingerprint density at radius 2 is 2.09 bits per heavy atom. The van der Waals surface area contributed by atoms with Crippen molar-refractivity contribution >= 4 is 33.2 Å². The molecule has 0 aliphatic heterocycles. The number of rotatable bonds is 4. The summed E-state index contributed by atoms with van der Waals surface area (Å²) in [7, 11) is 0. The monoisotopic (exact) mass is 376 g/mol. The van der Waals surface area contributed by atoms with Gasteiger partial charge in [-0.2, -0.15) is 0 Å². The minimum Gasteiger partial charge on any atom is -0.444 e. The van der Waals surface area contributed by atoms with E-state index >= 15 is 0 Å². The molecule has 0 atom stereocenters. The van der Waals surface area contributed by atoms with Gasteiger partial charge in [-0.25, -0.2) is 4.98 Å². The number of aromatic nitrogens is 4. The van der Waals surface area contributed by atoms with Gasteiger partial charge in [0.05, 0.1) is 17.5 Å². The second-order valence-corrected chi connectivity index (χ2v) is 6.15. The number of furan rings is 1. The van der Waals surface area contributed by atoms with Crippen LogP contribution in [0.2, 0.25) is 0 Å². The predicted molar refractivity (Wildman–Crippen MR) is 84.5 cm³/mol. The molecule has 0 aliphatic carbocycles. The van der Waals surface area contributed by atoms with Crippen molar-refractivity contribution in [2.24, 2.45) is 0 Å². The average Bonchev–Trinajstić information content (AvgIpc) is 3.24. The number of nitrogens with zero attached hydrogens (tertiary/aromatic N) is 4. The van der Waals surface area contributed by atoms with Crippen LogP contribution in [0.3, 0.4) is 0 Å². The molecule has 0 bridgehead atoms. The van der Waals surface area contributed by atoms with Gasteiger partial charge in [-0.05, 0) is 40.2 Å². The van der Waals surface area contributed by atoms with Gasteiger partial charge in [0.2, 0.25) is 5.89 Å². The van der Waals surface area contributed by atoms with Gasteiger partial charge in [0.25, 0.3) is 5.89 Å². The number of hydrogen-bond donors (Lipinski definition) is 0. The summed E-state index contributed by atoms with van der Waals surface area (Å²) in [4.78, 5) is 4.39. The zero-order chi connectivity index (χ0) is 14.9. The summed E-state index contributed by atoms with van der Waals surface area (Å²) >= 11 is 4.78. The van der Waals surface area contributed by atoms with E-state index in [-0.39, 0.29) is 0 Å². The summed E-state index contributed by atoms with van der Waals surface area (Å²) in [5.41, 5.74) is 1.05. The van der Waals surface area contributed by atoms with Crippen LogP contribution in [0.25, 0.3) is 17.2 Å². The van der Waals surface area contributed by atoms with Crippen LogP contribution in [0.1, 0.15) is 5.89 Å². The maximum atomic E-state index is 5.60. The van der Waals surface area contributed by atoms with Gasteiger partial charge in [-0.3, -0.25) is 4.40 Å². The van der Waals surface area contributed by atoms with Gasteiger partial charge in [0.15, 0.2) is 15.6 Å². The lowest BCUT2D eigenvalue weighted by atomic mass is 10.4. The Morgan fingerprint density at radius 3 is 2.95 bits per heavy atom. The lowest BCUT2D eigenvalue weighted by Gasteiger charge is -1.98. The molecule has 4 aromatic heterocycles. The molecule has 4 heterocycles. The van der Waals surface area contributed by atoms with Crippen LogP contribution < -0.4 is 0 Å². The van der Waals surface area contributed by atoms with E-state index in [4.69, 9.17) is 8.83 Å². The van der Waals surface area contributed by atoms with Crippen LogP contribution in [0, 0.1) is 0 Å². The predicted octanol–water partition coefficient (Wildman–Crippen LogP) is 4.03. The van der Waals surface area contributed by atoms with Crippen LogP contribution in [-0.2, 0) is 5.75 Å². The zero-order valence-electron chi connectivity index (χ0n) is 11.1. The normalized spacial score (nSPS) is 11.3. The third-order valence-electron chi connectivity index (χ3n) is 2.98. The number of thioether (sulfide) groups is 1. The molecule has 110 valence electrons. The molecule has 22 heavy (non-hydrogen) atoms. The number of fused-ring (bicyclic) bond motifs is 1. The van der Waals surface area contributed by atoms with E-state index in [1.165, 1.54) is 11.8 Å². The maximum absolute atomic E-state index is 5.60. The van der Waals surface area contributed by atoms with Gasteiger partial charge in [0.1, 0.15) is 0 Å². The highest BCUT2D eigenvalue weighted by Gasteiger charge is 2.13. The van der Waals surface area contributed by atoms with Crippen molar-refractivity contribution in [3.8, 4) is 11.7 Å². The van der Waals surface area contributed by atoms with Crippen LogP contribution >= 0.6 is 27.7 Å². The van der Waals surface area contributed by atoms with E-state index in [0.29, 0.717) is 28.0 Å².